The van der Waals surface area contributed by atoms with E-state index in [1.807, 2.05) is 0 Å². The van der Waals surface area contributed by atoms with E-state index in [-0.39, 0.29) is 0 Å². The molecule has 4 aliphatic rings. The van der Waals surface area contributed by atoms with Gasteiger partial charge in [-0.1, -0.05) is 30.4 Å². The van der Waals surface area contributed by atoms with Crippen LogP contribution in [0.3, 0.4) is 0 Å². The summed E-state index contributed by atoms with van der Waals surface area (Å²) in [7, 11) is 0. The lowest BCUT2D eigenvalue weighted by molar-refractivity contribution is -0.296. The lowest BCUT2D eigenvalue weighted by Crippen LogP contribution is -2.70. The number of hydrogen-bond donors (Lipinski definition) is 12. The van der Waals surface area contributed by atoms with E-state index in [1.165, 1.54) is 30.4 Å². The molecule has 0 spiro atoms. The summed E-state index contributed by atoms with van der Waals surface area (Å²) < 4.78 is 10.4. The Balaban J connectivity index is 1.90. The average Bonchev–Trinajstić information content (AvgIpc) is 2.98. The number of Topliss-reactive ketones (excluding diaryl/α,β-unsaturated/α-hetero) is 2. The summed E-state index contributed by atoms with van der Waals surface area (Å²) in [6, 6.07) is 0. The van der Waals surface area contributed by atoms with E-state index in [4.69, 9.17) is 9.47 Å². The van der Waals surface area contributed by atoms with Crippen molar-refractivity contribution in [2.45, 2.75) is 66.8 Å². The molecule has 0 bridgehead atoms. The predicted molar refractivity (Wildman–Crippen MR) is 138 cm³/mol. The Bertz CT molecular complexity index is 1240. The van der Waals surface area contributed by atoms with Crippen LogP contribution in [0.4, 0.5) is 0 Å². The van der Waals surface area contributed by atoms with Crippen LogP contribution in [0.2, 0.25) is 0 Å². The first-order valence-corrected chi connectivity index (χ1v) is 13.2. The van der Waals surface area contributed by atoms with Crippen LogP contribution in [-0.2, 0) is 19.1 Å². The van der Waals surface area contributed by atoms with Gasteiger partial charge in [0.2, 0.25) is 17.2 Å². The van der Waals surface area contributed by atoms with Crippen LogP contribution < -0.4 is 0 Å². The van der Waals surface area contributed by atoms with Crippen molar-refractivity contribution in [3.63, 3.8) is 0 Å². The van der Waals surface area contributed by atoms with Crippen molar-refractivity contribution in [3.8, 4) is 0 Å². The minimum Gasteiger partial charge on any atom is -0.507 e. The van der Waals surface area contributed by atoms with Crippen LogP contribution in [0.15, 0.2) is 59.1 Å². The molecule has 16 nitrogen and oxygen atoms in total. The van der Waals surface area contributed by atoms with Gasteiger partial charge in [-0.15, -0.1) is 0 Å². The summed E-state index contributed by atoms with van der Waals surface area (Å²) >= 11 is 0. The fourth-order valence-electron chi connectivity index (χ4n) is 5.49. The Kier molecular flexibility index (Phi) is 9.72. The van der Waals surface area contributed by atoms with E-state index in [0.717, 1.165) is 6.08 Å². The number of allylic oxidation sites excluding steroid dienone is 5. The van der Waals surface area contributed by atoms with Gasteiger partial charge in [-0.25, -0.2) is 0 Å². The molecule has 0 amide bonds. The van der Waals surface area contributed by atoms with Crippen molar-refractivity contribution in [2.24, 2.45) is 11.8 Å². The number of ketones is 2. The molecular formula is C27H34O16. The number of aliphatic hydroxyl groups is 12. The van der Waals surface area contributed by atoms with E-state index in [1.54, 1.807) is 0 Å². The Hall–Kier alpha value is -2.84. The van der Waals surface area contributed by atoms with Crippen LogP contribution in [0.1, 0.15) is 0 Å². The summed E-state index contributed by atoms with van der Waals surface area (Å²) in [5.74, 6) is -8.17. The molecule has 16 heteroatoms. The highest BCUT2D eigenvalue weighted by Gasteiger charge is 2.65. The van der Waals surface area contributed by atoms with Crippen molar-refractivity contribution < 1.29 is 80.3 Å². The van der Waals surface area contributed by atoms with Gasteiger partial charge in [-0.3, -0.25) is 9.59 Å². The summed E-state index contributed by atoms with van der Waals surface area (Å²) in [6.07, 6.45) is -11.7. The van der Waals surface area contributed by atoms with Crippen LogP contribution in [0.25, 0.3) is 0 Å². The topological polar surface area (TPSA) is 295 Å². The molecule has 2 saturated heterocycles. The zero-order chi connectivity index (χ0) is 32.0. The number of carbonyl (C=O) groups excluding carboxylic acids is 2. The average molecular weight is 615 g/mol. The summed E-state index contributed by atoms with van der Waals surface area (Å²) in [4.78, 5) is 27.7. The highest BCUT2D eigenvalue weighted by Crippen LogP contribution is 2.42. The molecule has 43 heavy (non-hydrogen) atoms. The normalized spacial score (nSPS) is 45.3. The second kappa shape index (κ2) is 12.6. The maximum Gasteiger partial charge on any atom is 0.219 e. The number of rotatable bonds is 6. The van der Waals surface area contributed by atoms with Crippen LogP contribution >= 0.6 is 0 Å². The minimum absolute atomic E-state index is 0.535. The van der Waals surface area contributed by atoms with Gasteiger partial charge in [0.1, 0.15) is 59.8 Å². The molecule has 0 aromatic rings. The molecule has 2 aliphatic heterocycles. The highest BCUT2D eigenvalue weighted by molar-refractivity contribution is 6.28. The maximum atomic E-state index is 13.9. The zero-order valence-electron chi connectivity index (χ0n) is 22.3. The van der Waals surface area contributed by atoms with E-state index in [9.17, 15) is 70.9 Å². The molecule has 12 N–H and O–H groups in total. The standard InChI is InChI=1S/C27H34O16/c28-7-11-16(32)25(43-26(40)17(11)33)27(41)23(38)14(12(31)6-3-9-1-4-10(30)5-2-9)19(35)15(24(27)39)22-21(37)20(36)18(34)13(8-29)42-22/h1-6,9-11,13,16-18,20-22,25-26,28-37,40-41H,7-8H2/b6-3+,14-12?. The molecule has 11 unspecified atom stereocenters. The number of aliphatic hydroxyl groups excluding tert-OH is 11. The van der Waals surface area contributed by atoms with Crippen molar-refractivity contribution in [1.29, 1.82) is 0 Å². The molecule has 2 aliphatic carbocycles. The quantitative estimate of drug-likeness (QED) is 0.0577. The van der Waals surface area contributed by atoms with Crippen molar-refractivity contribution in [3.05, 3.63) is 59.1 Å². The second-order valence-electron chi connectivity index (χ2n) is 10.7. The van der Waals surface area contributed by atoms with E-state index in [2.05, 4.69) is 0 Å². The predicted octanol–water partition coefficient (Wildman–Crippen LogP) is -4.96. The first-order valence-electron chi connectivity index (χ1n) is 13.2. The van der Waals surface area contributed by atoms with Crippen LogP contribution in [0.5, 0.6) is 0 Å². The third kappa shape index (κ3) is 5.61. The van der Waals surface area contributed by atoms with Gasteiger partial charge >= 0.3 is 0 Å². The molecule has 0 saturated carbocycles. The minimum atomic E-state index is -3.62. The van der Waals surface area contributed by atoms with E-state index < -0.39 is 126 Å². The van der Waals surface area contributed by atoms with Crippen molar-refractivity contribution in [1.82, 2.24) is 0 Å². The molecule has 2 heterocycles. The Morgan fingerprint density at radius 2 is 1.44 bits per heavy atom. The van der Waals surface area contributed by atoms with E-state index in [0.29, 0.717) is 0 Å². The lowest BCUT2D eigenvalue weighted by atomic mass is 9.68. The molecule has 238 valence electrons. The maximum absolute atomic E-state index is 13.9. The van der Waals surface area contributed by atoms with Crippen molar-refractivity contribution >= 4 is 11.6 Å². The third-order valence-corrected chi connectivity index (χ3v) is 8.01. The molecule has 0 radical (unpaired) electrons. The molecule has 11 atom stereocenters. The molecule has 0 aromatic carbocycles. The zero-order valence-corrected chi connectivity index (χ0v) is 22.3. The monoisotopic (exact) mass is 614 g/mol. The first-order chi connectivity index (χ1) is 20.2. The Morgan fingerprint density at radius 1 is 0.814 bits per heavy atom. The molecule has 4 rings (SSSR count). The van der Waals surface area contributed by atoms with Gasteiger partial charge < -0.3 is 70.8 Å². The van der Waals surface area contributed by atoms with Crippen LogP contribution in [-0.4, -0.2) is 153 Å². The summed E-state index contributed by atoms with van der Waals surface area (Å²) in [5, 5.41) is 125. The fourth-order valence-corrected chi connectivity index (χ4v) is 5.49. The van der Waals surface area contributed by atoms with Gasteiger partial charge in [0.25, 0.3) is 0 Å². The van der Waals surface area contributed by atoms with Gasteiger partial charge in [0, 0.05) is 11.8 Å². The van der Waals surface area contributed by atoms with Crippen molar-refractivity contribution in [2.75, 3.05) is 13.2 Å². The van der Waals surface area contributed by atoms with Gasteiger partial charge in [-0.2, -0.15) is 0 Å². The highest BCUT2D eigenvalue weighted by atomic mass is 16.6. The number of hydrogen-bond acceptors (Lipinski definition) is 16. The smallest absolute Gasteiger partial charge is 0.219 e. The number of ether oxygens (including phenoxy) is 2. The lowest BCUT2D eigenvalue weighted by Gasteiger charge is -2.48. The first kappa shape index (κ1) is 33.1. The Labute approximate surface area is 243 Å². The SMILES string of the molecule is O=C1C(=C(O)/C=C/C2C=CC(O)C=C2)C(O)=C(C2OC(CO)C(O)C(O)C2O)C(=O)C1(O)C1OC(O)C(O)C(CO)C1O. The van der Waals surface area contributed by atoms with Crippen LogP contribution in [0, 0.1) is 11.8 Å². The molecular weight excluding hydrogens is 580 g/mol. The summed E-state index contributed by atoms with van der Waals surface area (Å²) in [6.45, 7) is -1.99. The molecule has 0 aromatic heterocycles. The largest absolute Gasteiger partial charge is 0.507 e. The van der Waals surface area contributed by atoms with Gasteiger partial charge in [0.05, 0.1) is 31.0 Å². The van der Waals surface area contributed by atoms with Gasteiger partial charge in [-0.05, 0) is 6.08 Å². The van der Waals surface area contributed by atoms with Gasteiger partial charge in [0.15, 0.2) is 6.29 Å². The van der Waals surface area contributed by atoms with E-state index >= 15 is 0 Å². The third-order valence-electron chi connectivity index (χ3n) is 8.01. The summed E-state index contributed by atoms with van der Waals surface area (Å²) in [5.41, 5.74) is -5.93. The second-order valence-corrected chi connectivity index (χ2v) is 10.7. The fraction of sp³-hybridized carbons (Fsp3) is 0.556. The Morgan fingerprint density at radius 3 is 2.02 bits per heavy atom. The number of carbonyl (C=O) groups is 2. The molecule has 2 fully saturated rings.